The molecule has 4 rings (SSSR count). The SMILES string of the molecule is O=C1NCCCCC1N(Cc1ccc(-c2ccccn2)cc1)C(=O)COc1ccccc1. The molecule has 0 radical (unpaired) electrons. The molecule has 1 fully saturated rings. The molecular weight excluding hydrogens is 402 g/mol. The van der Waals surface area contributed by atoms with Crippen LogP contribution in [0.25, 0.3) is 11.3 Å². The number of carbonyl (C=O) groups is 2. The van der Waals surface area contributed by atoms with Crippen molar-refractivity contribution in [3.05, 3.63) is 84.6 Å². The highest BCUT2D eigenvalue weighted by Crippen LogP contribution is 2.21. The molecule has 2 heterocycles. The largest absolute Gasteiger partial charge is 0.484 e. The second-order valence-corrected chi connectivity index (χ2v) is 7.84. The zero-order chi connectivity index (χ0) is 22.2. The highest BCUT2D eigenvalue weighted by molar-refractivity contribution is 5.88. The maximum Gasteiger partial charge on any atom is 0.261 e. The van der Waals surface area contributed by atoms with Gasteiger partial charge in [-0.15, -0.1) is 0 Å². The molecule has 2 amide bonds. The third-order valence-electron chi connectivity index (χ3n) is 5.58. The van der Waals surface area contributed by atoms with Crippen molar-refractivity contribution in [2.45, 2.75) is 31.8 Å². The highest BCUT2D eigenvalue weighted by Gasteiger charge is 2.31. The molecule has 1 unspecified atom stereocenters. The lowest BCUT2D eigenvalue weighted by Gasteiger charge is -2.30. The summed E-state index contributed by atoms with van der Waals surface area (Å²) in [5.41, 5.74) is 2.85. The topological polar surface area (TPSA) is 71.5 Å². The van der Waals surface area contributed by atoms with Gasteiger partial charge in [-0.05, 0) is 49.1 Å². The fourth-order valence-corrected chi connectivity index (χ4v) is 3.85. The fraction of sp³-hybridized carbons (Fsp3) is 0.269. The van der Waals surface area contributed by atoms with Gasteiger partial charge in [-0.3, -0.25) is 14.6 Å². The number of hydrogen-bond donors (Lipinski definition) is 1. The third kappa shape index (κ3) is 5.52. The Hall–Kier alpha value is -3.67. The fourth-order valence-electron chi connectivity index (χ4n) is 3.85. The van der Waals surface area contributed by atoms with Gasteiger partial charge in [-0.2, -0.15) is 0 Å². The summed E-state index contributed by atoms with van der Waals surface area (Å²) in [7, 11) is 0. The van der Waals surface area contributed by atoms with Crippen molar-refractivity contribution in [3.63, 3.8) is 0 Å². The van der Waals surface area contributed by atoms with Gasteiger partial charge in [0.1, 0.15) is 11.8 Å². The average Bonchev–Trinajstić information content (AvgIpc) is 3.07. The summed E-state index contributed by atoms with van der Waals surface area (Å²) in [5.74, 6) is 0.330. The van der Waals surface area contributed by atoms with E-state index in [4.69, 9.17) is 4.74 Å². The molecule has 1 aromatic heterocycles. The van der Waals surface area contributed by atoms with Gasteiger partial charge in [-0.25, -0.2) is 0 Å². The molecule has 3 aromatic rings. The van der Waals surface area contributed by atoms with Gasteiger partial charge in [0.15, 0.2) is 6.61 Å². The van der Waals surface area contributed by atoms with Crippen LogP contribution in [0.4, 0.5) is 0 Å². The number of benzene rings is 2. The van der Waals surface area contributed by atoms with Gasteiger partial charge in [-0.1, -0.05) is 48.5 Å². The summed E-state index contributed by atoms with van der Waals surface area (Å²) in [4.78, 5) is 31.9. The minimum atomic E-state index is -0.500. The Morgan fingerprint density at radius 2 is 1.78 bits per heavy atom. The number of aromatic nitrogens is 1. The number of carbonyl (C=O) groups excluding carboxylic acids is 2. The van der Waals surface area contributed by atoms with Crippen LogP contribution in [0.3, 0.4) is 0 Å². The van der Waals surface area contributed by atoms with Crippen LogP contribution in [-0.2, 0) is 16.1 Å². The summed E-state index contributed by atoms with van der Waals surface area (Å²) in [5, 5.41) is 2.94. The quantitative estimate of drug-likeness (QED) is 0.620. The molecular formula is C26H27N3O3. The average molecular weight is 430 g/mol. The third-order valence-corrected chi connectivity index (χ3v) is 5.58. The van der Waals surface area contributed by atoms with E-state index in [1.165, 1.54) is 0 Å². The molecule has 32 heavy (non-hydrogen) atoms. The molecule has 6 heteroatoms. The smallest absolute Gasteiger partial charge is 0.261 e. The minimum Gasteiger partial charge on any atom is -0.484 e. The van der Waals surface area contributed by atoms with Crippen molar-refractivity contribution in [2.75, 3.05) is 13.2 Å². The summed E-state index contributed by atoms with van der Waals surface area (Å²) < 4.78 is 5.69. The molecule has 6 nitrogen and oxygen atoms in total. The van der Waals surface area contributed by atoms with Crippen molar-refractivity contribution in [1.29, 1.82) is 0 Å². The van der Waals surface area contributed by atoms with E-state index in [1.807, 2.05) is 72.8 Å². The van der Waals surface area contributed by atoms with Crippen molar-refractivity contribution >= 4 is 11.8 Å². The zero-order valence-corrected chi connectivity index (χ0v) is 17.9. The number of ether oxygens (including phenoxy) is 1. The van der Waals surface area contributed by atoms with Crippen molar-refractivity contribution in [3.8, 4) is 17.0 Å². The maximum absolute atomic E-state index is 13.2. The van der Waals surface area contributed by atoms with Crippen LogP contribution in [0.15, 0.2) is 79.0 Å². The molecule has 1 saturated heterocycles. The first kappa shape index (κ1) is 21.6. The lowest BCUT2D eigenvalue weighted by Crippen LogP contribution is -2.49. The van der Waals surface area contributed by atoms with Gasteiger partial charge < -0.3 is 15.0 Å². The number of hydrogen-bond acceptors (Lipinski definition) is 4. The van der Waals surface area contributed by atoms with E-state index in [1.54, 1.807) is 11.1 Å². The molecule has 1 N–H and O–H groups in total. The molecule has 2 aromatic carbocycles. The molecule has 0 aliphatic carbocycles. The second-order valence-electron chi connectivity index (χ2n) is 7.84. The van der Waals surface area contributed by atoms with Gasteiger partial charge in [0.25, 0.3) is 5.91 Å². The Balaban J connectivity index is 1.51. The molecule has 1 aliphatic rings. The van der Waals surface area contributed by atoms with Crippen LogP contribution in [0.2, 0.25) is 0 Å². The Morgan fingerprint density at radius 1 is 1.00 bits per heavy atom. The zero-order valence-electron chi connectivity index (χ0n) is 17.9. The monoisotopic (exact) mass is 429 g/mol. The molecule has 164 valence electrons. The predicted octanol–water partition coefficient (Wildman–Crippen LogP) is 3.82. The Kier molecular flexibility index (Phi) is 7.12. The van der Waals surface area contributed by atoms with Crippen LogP contribution < -0.4 is 10.1 Å². The van der Waals surface area contributed by atoms with Gasteiger partial charge in [0, 0.05) is 24.8 Å². The highest BCUT2D eigenvalue weighted by atomic mass is 16.5. The summed E-state index contributed by atoms with van der Waals surface area (Å²) in [6.45, 7) is 0.883. The number of nitrogens with one attached hydrogen (secondary N) is 1. The second kappa shape index (κ2) is 10.6. The summed E-state index contributed by atoms with van der Waals surface area (Å²) in [6.07, 6.45) is 4.23. The molecule has 0 bridgehead atoms. The Bertz CT molecular complexity index is 1020. The lowest BCUT2D eigenvalue weighted by molar-refractivity contribution is -0.142. The first-order chi connectivity index (χ1) is 15.7. The first-order valence-corrected chi connectivity index (χ1v) is 11.0. The summed E-state index contributed by atoms with van der Waals surface area (Å²) in [6, 6.07) is 22.5. The molecule has 1 atom stereocenters. The van der Waals surface area contributed by atoms with Crippen molar-refractivity contribution in [1.82, 2.24) is 15.2 Å². The van der Waals surface area contributed by atoms with E-state index >= 15 is 0 Å². The van der Waals surface area contributed by atoms with Crippen molar-refractivity contribution in [2.24, 2.45) is 0 Å². The van der Waals surface area contributed by atoms with E-state index in [0.29, 0.717) is 25.3 Å². The van der Waals surface area contributed by atoms with E-state index in [0.717, 1.165) is 29.7 Å². The predicted molar refractivity (Wildman–Crippen MR) is 123 cm³/mol. The number of pyridine rings is 1. The maximum atomic E-state index is 13.2. The van der Waals surface area contributed by atoms with E-state index in [2.05, 4.69) is 10.3 Å². The van der Waals surface area contributed by atoms with E-state index < -0.39 is 6.04 Å². The normalized spacial score (nSPS) is 16.0. The number of para-hydroxylation sites is 1. The summed E-state index contributed by atoms with van der Waals surface area (Å²) >= 11 is 0. The Labute approximate surface area is 188 Å². The van der Waals surface area contributed by atoms with Crippen molar-refractivity contribution < 1.29 is 14.3 Å². The van der Waals surface area contributed by atoms with Gasteiger partial charge in [0.05, 0.1) is 5.69 Å². The number of rotatable bonds is 7. The van der Waals surface area contributed by atoms with Crippen LogP contribution in [0, 0.1) is 0 Å². The van der Waals surface area contributed by atoms with Crippen LogP contribution in [0.5, 0.6) is 5.75 Å². The van der Waals surface area contributed by atoms with Crippen LogP contribution in [-0.4, -0.2) is 40.9 Å². The molecule has 0 saturated carbocycles. The first-order valence-electron chi connectivity index (χ1n) is 11.0. The number of nitrogens with zero attached hydrogens (tertiary/aromatic N) is 2. The standard InChI is InChI=1S/C26H27N3O3/c30-25(19-32-22-8-2-1-3-9-22)29(24-11-5-7-17-28-26(24)31)18-20-12-14-21(15-13-20)23-10-4-6-16-27-23/h1-4,6,8-10,12-16,24H,5,7,11,17-19H2,(H,28,31). The number of amides is 2. The van der Waals surface area contributed by atoms with Gasteiger partial charge in [0.2, 0.25) is 5.91 Å². The van der Waals surface area contributed by atoms with Crippen LogP contribution in [0.1, 0.15) is 24.8 Å². The van der Waals surface area contributed by atoms with E-state index in [-0.39, 0.29) is 18.4 Å². The molecule has 0 spiro atoms. The Morgan fingerprint density at radius 3 is 2.53 bits per heavy atom. The van der Waals surface area contributed by atoms with E-state index in [9.17, 15) is 9.59 Å². The lowest BCUT2D eigenvalue weighted by atomic mass is 10.1. The minimum absolute atomic E-state index is 0.0966. The van der Waals surface area contributed by atoms with Gasteiger partial charge >= 0.3 is 0 Å². The van der Waals surface area contributed by atoms with Crippen LogP contribution >= 0.6 is 0 Å². The molecule has 1 aliphatic heterocycles.